The number of nitrogens with two attached hydrogens (primary N) is 2. The van der Waals surface area contributed by atoms with Crippen molar-refractivity contribution >= 4 is 21.7 Å². The predicted octanol–water partition coefficient (Wildman–Crippen LogP) is 1.27. The van der Waals surface area contributed by atoms with Crippen LogP contribution in [0.2, 0.25) is 0 Å². The van der Waals surface area contributed by atoms with Crippen LogP contribution in [0.15, 0.2) is 47.4 Å². The first-order valence-corrected chi connectivity index (χ1v) is 8.94. The Hall–Kier alpha value is -2.67. The average molecular weight is 346 g/mol. The lowest BCUT2D eigenvalue weighted by atomic mass is 9.94. The van der Waals surface area contributed by atoms with Crippen LogP contribution in [0.25, 0.3) is 0 Å². The fourth-order valence-corrected chi connectivity index (χ4v) is 3.31. The third-order valence-corrected chi connectivity index (χ3v) is 5.50. The van der Waals surface area contributed by atoms with Crippen LogP contribution in [0.1, 0.15) is 38.8 Å². The molecule has 4 N–H and O–H groups in total. The number of hydrogen-bond donors (Lipinski definition) is 2. The van der Waals surface area contributed by atoms with Crippen molar-refractivity contribution in [2.24, 2.45) is 11.5 Å². The van der Waals surface area contributed by atoms with Crippen LogP contribution in [0, 0.1) is 0 Å². The summed E-state index contributed by atoms with van der Waals surface area (Å²) in [5.41, 5.74) is 12.3. The first-order chi connectivity index (χ1) is 11.3. The summed E-state index contributed by atoms with van der Waals surface area (Å²) in [7, 11) is -3.28. The van der Waals surface area contributed by atoms with Crippen molar-refractivity contribution in [2.75, 3.05) is 5.75 Å². The van der Waals surface area contributed by atoms with Crippen molar-refractivity contribution in [1.82, 2.24) is 0 Å². The van der Waals surface area contributed by atoms with Crippen LogP contribution >= 0.6 is 0 Å². The van der Waals surface area contributed by atoms with E-state index < -0.39 is 21.7 Å². The Morgan fingerprint density at radius 3 is 1.83 bits per heavy atom. The molecule has 0 saturated heterocycles. The van der Waals surface area contributed by atoms with E-state index in [4.69, 9.17) is 11.5 Å². The van der Waals surface area contributed by atoms with Gasteiger partial charge in [-0.15, -0.1) is 0 Å². The molecule has 0 atom stereocenters. The first kappa shape index (κ1) is 17.7. The van der Waals surface area contributed by atoms with Gasteiger partial charge in [-0.1, -0.05) is 25.1 Å². The van der Waals surface area contributed by atoms with Crippen LogP contribution in [-0.4, -0.2) is 26.0 Å². The summed E-state index contributed by atoms with van der Waals surface area (Å²) in [6.07, 6.45) is 0.240. The van der Waals surface area contributed by atoms with Gasteiger partial charge in [0.05, 0.1) is 10.6 Å². The molecule has 126 valence electrons. The first-order valence-electron chi connectivity index (χ1n) is 7.29. The molecule has 0 aromatic heterocycles. The van der Waals surface area contributed by atoms with E-state index in [9.17, 15) is 18.0 Å². The van der Waals surface area contributed by atoms with Crippen LogP contribution in [0.5, 0.6) is 0 Å². The largest absolute Gasteiger partial charge is 0.366 e. The molecule has 2 aromatic rings. The summed E-state index contributed by atoms with van der Waals surface area (Å²) in [6.45, 7) is 1.57. The molecule has 0 aliphatic carbocycles. The second kappa shape index (κ2) is 6.84. The van der Waals surface area contributed by atoms with Gasteiger partial charge in [-0.05, 0) is 41.8 Å². The van der Waals surface area contributed by atoms with Crippen LogP contribution < -0.4 is 11.5 Å². The van der Waals surface area contributed by atoms with E-state index in [0.717, 1.165) is 5.56 Å². The molecule has 0 fully saturated rings. The van der Waals surface area contributed by atoms with Gasteiger partial charge in [-0.2, -0.15) is 0 Å². The van der Waals surface area contributed by atoms with E-state index >= 15 is 0 Å². The Morgan fingerprint density at radius 2 is 1.42 bits per heavy atom. The molecule has 0 aliphatic rings. The van der Waals surface area contributed by atoms with Gasteiger partial charge in [0, 0.05) is 11.1 Å². The van der Waals surface area contributed by atoms with Gasteiger partial charge >= 0.3 is 0 Å². The van der Waals surface area contributed by atoms with Gasteiger partial charge < -0.3 is 11.5 Å². The standard InChI is InChI=1S/C17H18N2O4S/c1-2-24(22,23)12-8-6-11(7-9-12)10-15-13(16(18)20)4-3-5-14(15)17(19)21/h3-9H,2,10H2,1H3,(H2,18,20)(H2,19,21). The second-order valence-electron chi connectivity index (χ2n) is 5.28. The van der Waals surface area contributed by atoms with Crippen molar-refractivity contribution in [1.29, 1.82) is 0 Å². The molecule has 2 aromatic carbocycles. The van der Waals surface area contributed by atoms with E-state index in [1.165, 1.54) is 24.3 Å². The quantitative estimate of drug-likeness (QED) is 0.818. The van der Waals surface area contributed by atoms with Crippen molar-refractivity contribution in [3.63, 3.8) is 0 Å². The van der Waals surface area contributed by atoms with Gasteiger partial charge in [0.15, 0.2) is 9.84 Å². The van der Waals surface area contributed by atoms with E-state index in [-0.39, 0.29) is 28.2 Å². The minimum atomic E-state index is -3.28. The number of carbonyl (C=O) groups is 2. The fourth-order valence-electron chi connectivity index (χ4n) is 2.42. The molecule has 7 heteroatoms. The summed E-state index contributed by atoms with van der Waals surface area (Å²) in [5, 5.41) is 0. The van der Waals surface area contributed by atoms with Crippen molar-refractivity contribution in [3.8, 4) is 0 Å². The Morgan fingerprint density at radius 1 is 0.917 bits per heavy atom. The van der Waals surface area contributed by atoms with Gasteiger partial charge in [-0.3, -0.25) is 9.59 Å². The lowest BCUT2D eigenvalue weighted by Gasteiger charge is -2.11. The smallest absolute Gasteiger partial charge is 0.249 e. The summed E-state index contributed by atoms with van der Waals surface area (Å²) in [6, 6.07) is 10.9. The lowest BCUT2D eigenvalue weighted by Crippen LogP contribution is -2.20. The summed E-state index contributed by atoms with van der Waals surface area (Å²) < 4.78 is 23.7. The Labute approximate surface area is 140 Å². The highest BCUT2D eigenvalue weighted by molar-refractivity contribution is 7.91. The molecular weight excluding hydrogens is 328 g/mol. The minimum Gasteiger partial charge on any atom is -0.366 e. The molecule has 0 radical (unpaired) electrons. The van der Waals surface area contributed by atoms with E-state index in [2.05, 4.69) is 0 Å². The number of primary amides is 2. The van der Waals surface area contributed by atoms with Gasteiger partial charge in [0.2, 0.25) is 11.8 Å². The Balaban J connectivity index is 2.45. The average Bonchev–Trinajstić information content (AvgIpc) is 2.55. The topological polar surface area (TPSA) is 120 Å². The van der Waals surface area contributed by atoms with E-state index in [1.54, 1.807) is 25.1 Å². The maximum atomic E-state index is 11.8. The molecule has 24 heavy (non-hydrogen) atoms. The second-order valence-corrected chi connectivity index (χ2v) is 7.56. The zero-order valence-corrected chi connectivity index (χ0v) is 14.0. The molecule has 2 amide bonds. The normalized spacial score (nSPS) is 11.2. The SMILES string of the molecule is CCS(=O)(=O)c1ccc(Cc2c(C(N)=O)cccc2C(N)=O)cc1. The van der Waals surface area contributed by atoms with Crippen molar-refractivity contribution in [2.45, 2.75) is 18.2 Å². The highest BCUT2D eigenvalue weighted by Crippen LogP contribution is 2.20. The maximum Gasteiger partial charge on any atom is 0.249 e. The Bertz CT molecular complexity index is 855. The molecule has 2 rings (SSSR count). The summed E-state index contributed by atoms with van der Waals surface area (Å²) in [5.74, 6) is -1.29. The van der Waals surface area contributed by atoms with Crippen molar-refractivity contribution < 1.29 is 18.0 Å². The molecule has 6 nitrogen and oxygen atoms in total. The third-order valence-electron chi connectivity index (χ3n) is 3.75. The minimum absolute atomic E-state index is 0.0165. The van der Waals surface area contributed by atoms with Crippen LogP contribution in [-0.2, 0) is 16.3 Å². The number of benzene rings is 2. The highest BCUT2D eigenvalue weighted by Gasteiger charge is 2.17. The molecule has 0 heterocycles. The molecule has 0 bridgehead atoms. The number of rotatable bonds is 6. The van der Waals surface area contributed by atoms with E-state index in [1.807, 2.05) is 0 Å². The fraction of sp³-hybridized carbons (Fsp3) is 0.176. The van der Waals surface area contributed by atoms with E-state index in [0.29, 0.717) is 5.56 Å². The third kappa shape index (κ3) is 3.62. The van der Waals surface area contributed by atoms with Crippen molar-refractivity contribution in [3.05, 3.63) is 64.7 Å². The lowest BCUT2D eigenvalue weighted by molar-refractivity contribution is 0.0999. The van der Waals surface area contributed by atoms with Gasteiger partial charge in [0.25, 0.3) is 0 Å². The summed E-state index contributed by atoms with van der Waals surface area (Å²) >= 11 is 0. The molecule has 0 aliphatic heterocycles. The van der Waals surface area contributed by atoms with Gasteiger partial charge in [-0.25, -0.2) is 8.42 Å². The predicted molar refractivity (Wildman–Crippen MR) is 90.5 cm³/mol. The molecule has 0 unspecified atom stereocenters. The zero-order valence-electron chi connectivity index (χ0n) is 13.2. The number of sulfone groups is 1. The molecule has 0 saturated carbocycles. The molecule has 0 spiro atoms. The van der Waals surface area contributed by atoms with Gasteiger partial charge in [0.1, 0.15) is 0 Å². The van der Waals surface area contributed by atoms with Crippen LogP contribution in [0.3, 0.4) is 0 Å². The number of carbonyl (C=O) groups excluding carboxylic acids is 2. The molecular formula is C17H18N2O4S. The van der Waals surface area contributed by atoms with Crippen LogP contribution in [0.4, 0.5) is 0 Å². The maximum absolute atomic E-state index is 11.8. The highest BCUT2D eigenvalue weighted by atomic mass is 32.2. The zero-order chi connectivity index (χ0) is 17.9. The number of amides is 2. The Kier molecular flexibility index (Phi) is 5.04. The monoisotopic (exact) mass is 346 g/mol. The summed E-state index contributed by atoms with van der Waals surface area (Å²) in [4.78, 5) is 23.4. The number of hydrogen-bond acceptors (Lipinski definition) is 4.